The molecule has 116 valence electrons. The van der Waals surface area contributed by atoms with E-state index >= 15 is 0 Å². The minimum Gasteiger partial charge on any atom is -0.396 e. The van der Waals surface area contributed by atoms with Crippen LogP contribution in [0.4, 0.5) is 5.69 Å². The molecule has 0 aromatic heterocycles. The predicted molar refractivity (Wildman–Crippen MR) is 82.8 cm³/mol. The van der Waals surface area contributed by atoms with E-state index in [0.29, 0.717) is 6.54 Å². The monoisotopic (exact) mass is 312 g/mol. The Bertz CT molecular complexity index is 494. The Kier molecular flexibility index (Phi) is 7.78. The van der Waals surface area contributed by atoms with Crippen molar-refractivity contribution in [1.29, 1.82) is 0 Å². The van der Waals surface area contributed by atoms with Gasteiger partial charge in [0.05, 0.1) is 4.92 Å². The number of unbranched alkanes of at least 4 members (excludes halogenated alkanes) is 3. The third kappa shape index (κ3) is 5.73. The van der Waals surface area contributed by atoms with Crippen molar-refractivity contribution < 1.29 is 14.8 Å². The number of amides is 1. The van der Waals surface area contributed by atoms with Gasteiger partial charge in [-0.25, -0.2) is 0 Å². The van der Waals surface area contributed by atoms with Gasteiger partial charge in [0.25, 0.3) is 11.6 Å². The molecule has 0 saturated carbocycles. The summed E-state index contributed by atoms with van der Waals surface area (Å²) in [6.07, 6.45) is 5.23. The first-order valence-corrected chi connectivity index (χ1v) is 8.04. The molecule has 1 amide bonds. The van der Waals surface area contributed by atoms with E-state index in [1.165, 1.54) is 17.8 Å². The van der Waals surface area contributed by atoms with Crippen molar-refractivity contribution in [3.05, 3.63) is 33.9 Å². The van der Waals surface area contributed by atoms with E-state index in [0.717, 1.165) is 30.6 Å². The lowest BCUT2D eigenvalue weighted by Gasteiger charge is -2.07. The standard InChI is InChI=1S/C14H20N2O4S/c1-21-11-6-7-13(16(19)20)12(10-11)14(18)15-8-4-2-3-5-9-17/h6-7,10,17H,2-5,8-9H2,1H3,(H,15,18). The second-order valence-electron chi connectivity index (χ2n) is 4.53. The largest absolute Gasteiger partial charge is 0.396 e. The molecule has 1 aromatic carbocycles. The van der Waals surface area contributed by atoms with Gasteiger partial charge in [-0.3, -0.25) is 14.9 Å². The van der Waals surface area contributed by atoms with Crippen molar-refractivity contribution >= 4 is 23.4 Å². The van der Waals surface area contributed by atoms with Crippen LogP contribution in [0.3, 0.4) is 0 Å². The van der Waals surface area contributed by atoms with E-state index in [-0.39, 0.29) is 17.9 Å². The molecule has 1 aromatic rings. The number of aliphatic hydroxyl groups is 1. The Morgan fingerprint density at radius 3 is 2.67 bits per heavy atom. The van der Waals surface area contributed by atoms with Crippen LogP contribution in [0.25, 0.3) is 0 Å². The van der Waals surface area contributed by atoms with Crippen LogP contribution in [0.1, 0.15) is 36.0 Å². The highest BCUT2D eigenvalue weighted by Crippen LogP contribution is 2.24. The average molecular weight is 312 g/mol. The maximum absolute atomic E-state index is 12.1. The van der Waals surface area contributed by atoms with E-state index in [1.807, 2.05) is 6.26 Å². The maximum Gasteiger partial charge on any atom is 0.282 e. The van der Waals surface area contributed by atoms with Crippen LogP contribution in [0.15, 0.2) is 23.1 Å². The van der Waals surface area contributed by atoms with Crippen molar-refractivity contribution in [1.82, 2.24) is 5.32 Å². The molecule has 0 bridgehead atoms. The van der Waals surface area contributed by atoms with E-state index in [9.17, 15) is 14.9 Å². The second-order valence-corrected chi connectivity index (χ2v) is 5.41. The third-order valence-corrected chi connectivity index (χ3v) is 3.74. The number of nitrogens with one attached hydrogen (secondary N) is 1. The summed E-state index contributed by atoms with van der Waals surface area (Å²) in [6.45, 7) is 0.658. The molecule has 0 saturated heterocycles. The molecule has 0 atom stereocenters. The van der Waals surface area contributed by atoms with Gasteiger partial charge in [0.15, 0.2) is 0 Å². The highest BCUT2D eigenvalue weighted by Gasteiger charge is 2.20. The van der Waals surface area contributed by atoms with Crippen LogP contribution in [-0.4, -0.2) is 35.3 Å². The number of hydrogen-bond acceptors (Lipinski definition) is 5. The lowest BCUT2D eigenvalue weighted by molar-refractivity contribution is -0.385. The van der Waals surface area contributed by atoms with Gasteiger partial charge in [-0.2, -0.15) is 0 Å². The fraction of sp³-hybridized carbons (Fsp3) is 0.500. The second kappa shape index (κ2) is 9.36. The summed E-state index contributed by atoms with van der Waals surface area (Å²) in [5.74, 6) is -0.417. The average Bonchev–Trinajstić information content (AvgIpc) is 2.49. The summed E-state index contributed by atoms with van der Waals surface area (Å²) < 4.78 is 0. The molecule has 0 fully saturated rings. The molecule has 1 rings (SSSR count). The van der Waals surface area contributed by atoms with Crippen molar-refractivity contribution in [2.24, 2.45) is 0 Å². The van der Waals surface area contributed by atoms with Gasteiger partial charge < -0.3 is 10.4 Å². The van der Waals surface area contributed by atoms with Crippen LogP contribution >= 0.6 is 11.8 Å². The number of thioether (sulfide) groups is 1. The first-order valence-electron chi connectivity index (χ1n) is 6.81. The third-order valence-electron chi connectivity index (χ3n) is 3.02. The van der Waals surface area contributed by atoms with E-state index in [1.54, 1.807) is 12.1 Å². The van der Waals surface area contributed by atoms with Gasteiger partial charge in [-0.05, 0) is 31.2 Å². The number of hydrogen-bond donors (Lipinski definition) is 2. The highest BCUT2D eigenvalue weighted by molar-refractivity contribution is 7.98. The number of nitro benzene ring substituents is 1. The van der Waals surface area contributed by atoms with Gasteiger partial charge in [0.1, 0.15) is 5.56 Å². The molecule has 0 heterocycles. The minimum atomic E-state index is -0.541. The molecule has 0 aliphatic carbocycles. The maximum atomic E-state index is 12.1. The molecule has 21 heavy (non-hydrogen) atoms. The zero-order valence-electron chi connectivity index (χ0n) is 12.0. The Morgan fingerprint density at radius 1 is 1.33 bits per heavy atom. The summed E-state index contributed by atoms with van der Waals surface area (Å²) in [5.41, 5.74) is -0.0761. The molecule has 0 aliphatic rings. The summed E-state index contributed by atoms with van der Waals surface area (Å²) in [6, 6.07) is 4.54. The van der Waals surface area contributed by atoms with Crippen molar-refractivity contribution in [3.63, 3.8) is 0 Å². The van der Waals surface area contributed by atoms with Crippen molar-refractivity contribution in [3.8, 4) is 0 Å². The van der Waals surface area contributed by atoms with Crippen LogP contribution < -0.4 is 5.32 Å². The molecule has 0 unspecified atom stereocenters. The first kappa shape index (κ1) is 17.5. The van der Waals surface area contributed by atoms with Crippen LogP contribution in [0.2, 0.25) is 0 Å². The molecule has 0 spiro atoms. The quantitative estimate of drug-likeness (QED) is 0.316. The van der Waals surface area contributed by atoms with Gasteiger partial charge in [0, 0.05) is 24.1 Å². The summed E-state index contributed by atoms with van der Waals surface area (Å²) >= 11 is 1.43. The van der Waals surface area contributed by atoms with Gasteiger partial charge in [-0.1, -0.05) is 12.8 Å². The van der Waals surface area contributed by atoms with Crippen molar-refractivity contribution in [2.45, 2.75) is 30.6 Å². The first-order chi connectivity index (χ1) is 10.1. The summed E-state index contributed by atoms with van der Waals surface area (Å²) in [4.78, 5) is 23.3. The van der Waals surface area contributed by atoms with E-state index < -0.39 is 10.8 Å². The molecule has 7 heteroatoms. The number of carbonyl (C=O) groups is 1. The van der Waals surface area contributed by atoms with Gasteiger partial charge in [-0.15, -0.1) is 11.8 Å². The number of nitro groups is 1. The molecular formula is C14H20N2O4S. The SMILES string of the molecule is CSc1ccc([N+](=O)[O-])c(C(=O)NCCCCCCO)c1. The van der Waals surface area contributed by atoms with Gasteiger partial charge in [0.2, 0.25) is 0 Å². The topological polar surface area (TPSA) is 92.5 Å². The number of rotatable bonds is 9. The minimum absolute atomic E-state index is 0.0993. The Labute approximate surface area is 128 Å². The van der Waals surface area contributed by atoms with Crippen LogP contribution in [0, 0.1) is 10.1 Å². The zero-order chi connectivity index (χ0) is 15.7. The van der Waals surface area contributed by atoms with Crippen LogP contribution in [0.5, 0.6) is 0 Å². The Hall–Kier alpha value is -1.60. The molecule has 0 radical (unpaired) electrons. The molecule has 2 N–H and O–H groups in total. The van der Waals surface area contributed by atoms with E-state index in [2.05, 4.69) is 5.32 Å². The molecular weight excluding hydrogens is 292 g/mol. The Balaban J connectivity index is 2.61. The van der Waals surface area contributed by atoms with E-state index in [4.69, 9.17) is 5.11 Å². The lowest BCUT2D eigenvalue weighted by atomic mass is 10.1. The van der Waals surface area contributed by atoms with Crippen LogP contribution in [-0.2, 0) is 0 Å². The number of aliphatic hydroxyl groups excluding tert-OH is 1. The smallest absolute Gasteiger partial charge is 0.282 e. The lowest BCUT2D eigenvalue weighted by Crippen LogP contribution is -2.25. The summed E-state index contributed by atoms with van der Waals surface area (Å²) in [5, 5.41) is 22.3. The number of carbonyl (C=O) groups excluding carboxylic acids is 1. The fourth-order valence-electron chi connectivity index (χ4n) is 1.87. The fourth-order valence-corrected chi connectivity index (χ4v) is 2.31. The number of nitrogens with zero attached hydrogens (tertiary/aromatic N) is 1. The van der Waals surface area contributed by atoms with Gasteiger partial charge >= 0.3 is 0 Å². The zero-order valence-corrected chi connectivity index (χ0v) is 12.8. The highest BCUT2D eigenvalue weighted by atomic mass is 32.2. The normalized spacial score (nSPS) is 10.4. The summed E-state index contributed by atoms with van der Waals surface area (Å²) in [7, 11) is 0. The Morgan fingerprint density at radius 2 is 2.05 bits per heavy atom. The predicted octanol–water partition coefficient (Wildman–Crippen LogP) is 2.60. The number of benzene rings is 1. The molecule has 0 aliphatic heterocycles. The van der Waals surface area contributed by atoms with Crippen molar-refractivity contribution in [2.75, 3.05) is 19.4 Å². The molecule has 6 nitrogen and oxygen atoms in total.